The largest absolute Gasteiger partial charge is 0.355 e. The van der Waals surface area contributed by atoms with Gasteiger partial charge in [0.25, 0.3) is 0 Å². The molecule has 1 aromatic carbocycles. The number of fused-ring (bicyclic) bond motifs is 1. The van der Waals surface area contributed by atoms with Crippen LogP contribution in [0.5, 0.6) is 0 Å². The normalized spacial score (nSPS) is 14.0. The highest BCUT2D eigenvalue weighted by Gasteiger charge is 2.26. The Morgan fingerprint density at radius 1 is 1.29 bits per heavy atom. The van der Waals surface area contributed by atoms with Crippen LogP contribution in [0.3, 0.4) is 0 Å². The number of ketones is 1. The van der Waals surface area contributed by atoms with Gasteiger partial charge >= 0.3 is 0 Å². The number of aliphatic imine (C=N–C) groups is 1. The van der Waals surface area contributed by atoms with Gasteiger partial charge in [-0.25, -0.2) is 9.97 Å². The summed E-state index contributed by atoms with van der Waals surface area (Å²) in [5.41, 5.74) is 4.18. The van der Waals surface area contributed by atoms with Crippen molar-refractivity contribution in [2.24, 2.45) is 10.4 Å². The Kier molecular flexibility index (Phi) is 4.58. The van der Waals surface area contributed by atoms with E-state index in [0.717, 1.165) is 35.9 Å². The number of aromatic nitrogens is 3. The minimum atomic E-state index is -0.477. The SMILES string of the molecule is CC(C)(C)C(=O)c1c[nH]c2ncc(-c3cccc(CNC4=NCCN4)c3)nc12. The summed E-state index contributed by atoms with van der Waals surface area (Å²) >= 11 is 0. The van der Waals surface area contributed by atoms with Crippen LogP contribution >= 0.6 is 0 Å². The van der Waals surface area contributed by atoms with E-state index in [9.17, 15) is 4.79 Å². The number of rotatable bonds is 4. The smallest absolute Gasteiger partial charge is 0.191 e. The van der Waals surface area contributed by atoms with Crippen molar-refractivity contribution in [3.63, 3.8) is 0 Å². The zero-order valence-corrected chi connectivity index (χ0v) is 16.3. The Morgan fingerprint density at radius 2 is 2.14 bits per heavy atom. The number of nitrogens with zero attached hydrogens (tertiary/aromatic N) is 3. The summed E-state index contributed by atoms with van der Waals surface area (Å²) in [6, 6.07) is 8.14. The summed E-state index contributed by atoms with van der Waals surface area (Å²) in [6.07, 6.45) is 3.44. The number of Topliss-reactive ketones (excluding diaryl/α,β-unsaturated/α-hetero) is 1. The molecule has 28 heavy (non-hydrogen) atoms. The number of benzene rings is 1. The van der Waals surface area contributed by atoms with E-state index >= 15 is 0 Å². The van der Waals surface area contributed by atoms with Gasteiger partial charge in [-0.15, -0.1) is 0 Å². The summed E-state index contributed by atoms with van der Waals surface area (Å²) in [5, 5.41) is 6.50. The van der Waals surface area contributed by atoms with Gasteiger partial charge < -0.3 is 15.6 Å². The maximum absolute atomic E-state index is 12.7. The lowest BCUT2D eigenvalue weighted by Crippen LogP contribution is -2.33. The Labute approximate surface area is 163 Å². The molecule has 0 aliphatic carbocycles. The minimum absolute atomic E-state index is 0.0491. The molecule has 0 fully saturated rings. The molecule has 2 aromatic heterocycles. The molecule has 0 saturated heterocycles. The third-order valence-corrected chi connectivity index (χ3v) is 4.66. The Hall–Kier alpha value is -3.22. The molecule has 0 amide bonds. The van der Waals surface area contributed by atoms with E-state index in [2.05, 4.69) is 37.7 Å². The summed E-state index contributed by atoms with van der Waals surface area (Å²) in [7, 11) is 0. The van der Waals surface area contributed by atoms with Gasteiger partial charge in [0.2, 0.25) is 0 Å². The second kappa shape index (κ2) is 7.07. The van der Waals surface area contributed by atoms with E-state index in [4.69, 9.17) is 4.98 Å². The number of nitrogens with one attached hydrogen (secondary N) is 3. The van der Waals surface area contributed by atoms with Gasteiger partial charge in [-0.2, -0.15) is 0 Å². The Morgan fingerprint density at radius 3 is 2.89 bits per heavy atom. The van der Waals surface area contributed by atoms with Gasteiger partial charge in [-0.05, 0) is 11.6 Å². The molecule has 7 nitrogen and oxygen atoms in total. The maximum Gasteiger partial charge on any atom is 0.191 e. The second-order valence-electron chi connectivity index (χ2n) is 7.94. The van der Waals surface area contributed by atoms with Crippen molar-refractivity contribution in [2.75, 3.05) is 13.1 Å². The lowest BCUT2D eigenvalue weighted by molar-refractivity contribution is 0.0860. The van der Waals surface area contributed by atoms with Gasteiger partial charge in [0.15, 0.2) is 17.4 Å². The number of hydrogen-bond donors (Lipinski definition) is 3. The van der Waals surface area contributed by atoms with Crippen LogP contribution in [-0.4, -0.2) is 39.8 Å². The average molecular weight is 376 g/mol. The van der Waals surface area contributed by atoms with E-state index in [1.165, 1.54) is 0 Å². The monoisotopic (exact) mass is 376 g/mol. The van der Waals surface area contributed by atoms with Crippen LogP contribution in [0.25, 0.3) is 22.4 Å². The predicted octanol–water partition coefficient (Wildman–Crippen LogP) is 2.90. The zero-order valence-electron chi connectivity index (χ0n) is 16.3. The van der Waals surface area contributed by atoms with Crippen molar-refractivity contribution < 1.29 is 4.79 Å². The van der Waals surface area contributed by atoms with E-state index < -0.39 is 5.41 Å². The molecule has 3 N–H and O–H groups in total. The van der Waals surface area contributed by atoms with Crippen molar-refractivity contribution >= 4 is 22.9 Å². The van der Waals surface area contributed by atoms with Crippen LogP contribution < -0.4 is 10.6 Å². The van der Waals surface area contributed by atoms with Gasteiger partial charge in [-0.3, -0.25) is 9.79 Å². The molecular formula is C21H24N6O. The van der Waals surface area contributed by atoms with Gasteiger partial charge in [0.05, 0.1) is 24.0 Å². The summed E-state index contributed by atoms with van der Waals surface area (Å²) in [6.45, 7) is 8.09. The molecule has 1 aliphatic heterocycles. The van der Waals surface area contributed by atoms with Crippen LogP contribution in [0.15, 0.2) is 41.7 Å². The quantitative estimate of drug-likeness (QED) is 0.609. The van der Waals surface area contributed by atoms with E-state index in [-0.39, 0.29) is 5.78 Å². The van der Waals surface area contributed by atoms with Crippen LogP contribution in [0.1, 0.15) is 36.7 Å². The lowest BCUT2D eigenvalue weighted by atomic mass is 9.87. The lowest BCUT2D eigenvalue weighted by Gasteiger charge is -2.15. The van der Waals surface area contributed by atoms with Crippen LogP contribution in [0, 0.1) is 5.41 Å². The Bertz CT molecular complexity index is 1060. The number of guanidine groups is 1. The van der Waals surface area contributed by atoms with Crippen molar-refractivity contribution in [3.05, 3.63) is 47.8 Å². The number of carbonyl (C=O) groups is 1. The van der Waals surface area contributed by atoms with Gasteiger partial charge in [-0.1, -0.05) is 39.0 Å². The molecule has 3 heterocycles. The molecule has 0 unspecified atom stereocenters. The number of aromatic amines is 1. The number of carbonyl (C=O) groups excluding carboxylic acids is 1. The summed E-state index contributed by atoms with van der Waals surface area (Å²) < 4.78 is 0. The average Bonchev–Trinajstić information content (AvgIpc) is 3.34. The summed E-state index contributed by atoms with van der Waals surface area (Å²) in [4.78, 5) is 29.4. The van der Waals surface area contributed by atoms with Crippen LogP contribution in [-0.2, 0) is 6.54 Å². The predicted molar refractivity (Wildman–Crippen MR) is 110 cm³/mol. The molecule has 4 rings (SSSR count). The first-order valence-corrected chi connectivity index (χ1v) is 9.42. The van der Waals surface area contributed by atoms with Crippen molar-refractivity contribution in [3.8, 4) is 11.3 Å². The van der Waals surface area contributed by atoms with Gasteiger partial charge in [0, 0.05) is 30.3 Å². The third-order valence-electron chi connectivity index (χ3n) is 4.66. The first kappa shape index (κ1) is 18.2. The molecule has 7 heteroatoms. The molecule has 1 aliphatic rings. The molecule has 0 saturated carbocycles. The Balaban J connectivity index is 1.63. The van der Waals surface area contributed by atoms with E-state index in [1.807, 2.05) is 32.9 Å². The molecular weight excluding hydrogens is 352 g/mol. The first-order chi connectivity index (χ1) is 13.4. The topological polar surface area (TPSA) is 95.1 Å². The fourth-order valence-corrected chi connectivity index (χ4v) is 3.15. The highest BCUT2D eigenvalue weighted by molar-refractivity contribution is 6.08. The molecule has 0 radical (unpaired) electrons. The second-order valence-corrected chi connectivity index (χ2v) is 7.94. The molecule has 3 aromatic rings. The van der Waals surface area contributed by atoms with Crippen molar-refractivity contribution in [1.82, 2.24) is 25.6 Å². The standard InChI is InChI=1S/C21H24N6O/c1-21(2,3)18(28)15-11-24-19-17(15)27-16(12-25-19)14-6-4-5-13(9-14)10-26-20-22-7-8-23-20/h4-6,9,11-12H,7-8,10H2,1-3H3,(H,24,25)(H2,22,23,26). The fourth-order valence-electron chi connectivity index (χ4n) is 3.15. The highest BCUT2D eigenvalue weighted by Crippen LogP contribution is 2.27. The highest BCUT2D eigenvalue weighted by atomic mass is 16.1. The maximum atomic E-state index is 12.7. The van der Waals surface area contributed by atoms with Gasteiger partial charge in [0.1, 0.15) is 5.52 Å². The first-order valence-electron chi connectivity index (χ1n) is 9.42. The molecule has 0 bridgehead atoms. The van der Waals surface area contributed by atoms with Crippen LogP contribution in [0.4, 0.5) is 0 Å². The summed E-state index contributed by atoms with van der Waals surface area (Å²) in [5.74, 6) is 0.886. The molecule has 0 atom stereocenters. The third kappa shape index (κ3) is 3.60. The minimum Gasteiger partial charge on any atom is -0.355 e. The van der Waals surface area contributed by atoms with Crippen molar-refractivity contribution in [2.45, 2.75) is 27.3 Å². The fraction of sp³-hybridized carbons (Fsp3) is 0.333. The van der Waals surface area contributed by atoms with Crippen LogP contribution in [0.2, 0.25) is 0 Å². The number of hydrogen-bond acceptors (Lipinski definition) is 6. The zero-order chi connectivity index (χ0) is 19.7. The molecule has 144 valence electrons. The number of H-pyrrole nitrogens is 1. The van der Waals surface area contributed by atoms with E-state index in [0.29, 0.717) is 23.3 Å². The molecule has 0 spiro atoms. The van der Waals surface area contributed by atoms with Crippen molar-refractivity contribution in [1.29, 1.82) is 0 Å². The van der Waals surface area contributed by atoms with E-state index in [1.54, 1.807) is 12.4 Å².